The van der Waals surface area contributed by atoms with Gasteiger partial charge in [0.2, 0.25) is 5.82 Å². The van der Waals surface area contributed by atoms with Gasteiger partial charge in [0, 0.05) is 31.6 Å². The molecule has 5 rings (SSSR count). The highest BCUT2D eigenvalue weighted by Gasteiger charge is 2.50. The van der Waals surface area contributed by atoms with E-state index < -0.39 is 34.3 Å². The van der Waals surface area contributed by atoms with Crippen LogP contribution in [0.1, 0.15) is 55.3 Å². The molecule has 2 atom stereocenters. The van der Waals surface area contributed by atoms with Crippen LogP contribution in [0.4, 0.5) is 4.39 Å². The van der Waals surface area contributed by atoms with E-state index in [1.807, 2.05) is 30.1 Å². The molecule has 2 aliphatic rings. The largest absolute Gasteiger partial charge is 0.388 e. The number of imidazole rings is 1. The van der Waals surface area contributed by atoms with Crippen molar-refractivity contribution in [1.29, 1.82) is 0 Å². The number of nitrogens with one attached hydrogen (secondary N) is 1. The smallest absolute Gasteiger partial charge is 0.328 e. The number of hydrogen-bond acceptors (Lipinski definition) is 6. The Labute approximate surface area is 206 Å². The minimum atomic E-state index is -1.39. The molecular weight excluding hydrogens is 469 g/mol. The lowest BCUT2D eigenvalue weighted by Crippen LogP contribution is -2.59. The first-order valence-corrected chi connectivity index (χ1v) is 12.2. The van der Waals surface area contributed by atoms with Gasteiger partial charge in [-0.25, -0.2) is 9.78 Å². The number of H-pyrrole nitrogens is 1. The number of hydrogen-bond donors (Lipinski definition) is 2. The number of likely N-dealkylation sites (tertiary alicyclic amines) is 1. The molecule has 192 valence electrons. The molecule has 11 heteroatoms. The van der Waals surface area contributed by atoms with E-state index in [2.05, 4.69) is 16.5 Å². The average Bonchev–Trinajstić information content (AvgIpc) is 3.15. The number of aryl methyl sites for hydroxylation is 2. The molecule has 1 amide bonds. The van der Waals surface area contributed by atoms with Crippen LogP contribution < -0.4 is 11.2 Å². The Morgan fingerprint density at radius 2 is 2.03 bits per heavy atom. The van der Waals surface area contributed by atoms with Gasteiger partial charge in [0.15, 0.2) is 0 Å². The van der Waals surface area contributed by atoms with Crippen LogP contribution in [-0.2, 0) is 11.3 Å². The van der Waals surface area contributed by atoms with Crippen LogP contribution >= 0.6 is 0 Å². The molecule has 2 N–H and O–H groups in total. The van der Waals surface area contributed by atoms with Crippen molar-refractivity contribution in [3.8, 4) is 0 Å². The molecular formula is C25H30FN5O5. The summed E-state index contributed by atoms with van der Waals surface area (Å²) in [6.07, 6.45) is 2.05. The van der Waals surface area contributed by atoms with Crippen molar-refractivity contribution in [3.05, 3.63) is 62.4 Å². The van der Waals surface area contributed by atoms with Crippen LogP contribution in [0.25, 0.3) is 11.0 Å². The van der Waals surface area contributed by atoms with Crippen LogP contribution in [0.2, 0.25) is 0 Å². The third kappa shape index (κ3) is 4.05. The van der Waals surface area contributed by atoms with Crippen LogP contribution in [0.15, 0.2) is 34.0 Å². The van der Waals surface area contributed by atoms with Gasteiger partial charge in [0.05, 0.1) is 41.1 Å². The van der Waals surface area contributed by atoms with Gasteiger partial charge >= 0.3 is 5.69 Å². The zero-order valence-electron chi connectivity index (χ0n) is 20.6. The number of fused-ring (bicyclic) bond motifs is 1. The molecule has 4 heterocycles. The zero-order chi connectivity index (χ0) is 25.8. The molecule has 0 saturated carbocycles. The fourth-order valence-corrected chi connectivity index (χ4v) is 5.73. The van der Waals surface area contributed by atoms with Crippen molar-refractivity contribution in [2.75, 3.05) is 19.7 Å². The van der Waals surface area contributed by atoms with Crippen LogP contribution in [-0.4, -0.2) is 65.9 Å². The maximum Gasteiger partial charge on any atom is 0.328 e. The van der Waals surface area contributed by atoms with Crippen molar-refractivity contribution < 1.29 is 19.0 Å². The number of piperidine rings is 1. The molecule has 0 bridgehead atoms. The summed E-state index contributed by atoms with van der Waals surface area (Å²) in [5.41, 5.74) is -1.59. The molecule has 2 aliphatic heterocycles. The quantitative estimate of drug-likeness (QED) is 0.566. The van der Waals surface area contributed by atoms with Gasteiger partial charge in [-0.1, -0.05) is 0 Å². The molecule has 0 radical (unpaired) electrons. The highest BCUT2D eigenvalue weighted by Crippen LogP contribution is 2.43. The Kier molecular flexibility index (Phi) is 5.87. The summed E-state index contributed by atoms with van der Waals surface area (Å²) in [5.74, 6) is -0.276. The van der Waals surface area contributed by atoms with E-state index in [9.17, 15) is 23.9 Å². The molecule has 3 aromatic rings. The Hall–Kier alpha value is -3.31. The second-order valence-corrected chi connectivity index (χ2v) is 10.1. The highest BCUT2D eigenvalue weighted by atomic mass is 19.1. The second kappa shape index (κ2) is 8.67. The normalized spacial score (nSPS) is 23.9. The molecule has 0 aliphatic carbocycles. The van der Waals surface area contributed by atoms with E-state index >= 15 is 0 Å². The number of aromatic amines is 1. The number of benzene rings is 1. The van der Waals surface area contributed by atoms with E-state index in [0.717, 1.165) is 34.2 Å². The summed E-state index contributed by atoms with van der Waals surface area (Å²) in [6, 6.07) is 4.73. The zero-order valence-corrected chi connectivity index (χ0v) is 20.6. The molecule has 10 nitrogen and oxygen atoms in total. The SMILES string of the molecule is CCn1c(C)nc2cc(C(=O)N3CCC4(CC3)C[C@@](C)(O)[C@H](n3cc(F)c(=O)[nH]c3=O)CO4)ccc21. The van der Waals surface area contributed by atoms with Gasteiger partial charge in [-0.2, -0.15) is 4.39 Å². The van der Waals surface area contributed by atoms with Crippen LogP contribution in [0.3, 0.4) is 0 Å². The van der Waals surface area contributed by atoms with Crippen molar-refractivity contribution in [3.63, 3.8) is 0 Å². The van der Waals surface area contributed by atoms with E-state index in [1.54, 1.807) is 11.8 Å². The van der Waals surface area contributed by atoms with E-state index in [4.69, 9.17) is 4.74 Å². The summed E-state index contributed by atoms with van der Waals surface area (Å²) in [5, 5.41) is 11.2. The van der Waals surface area contributed by atoms with Crippen molar-refractivity contribution >= 4 is 16.9 Å². The number of rotatable bonds is 3. The third-order valence-electron chi connectivity index (χ3n) is 7.67. The first kappa shape index (κ1) is 24.4. The van der Waals surface area contributed by atoms with Crippen molar-refractivity contribution in [2.45, 2.75) is 63.8 Å². The molecule has 2 aromatic heterocycles. The van der Waals surface area contributed by atoms with E-state index in [-0.39, 0.29) is 18.9 Å². The Morgan fingerprint density at radius 1 is 1.31 bits per heavy atom. The number of carbonyl (C=O) groups excluding carboxylic acids is 1. The number of halogens is 1. The molecule has 1 aromatic carbocycles. The number of carbonyl (C=O) groups is 1. The number of aliphatic hydroxyl groups is 1. The number of aromatic nitrogens is 4. The molecule has 2 fully saturated rings. The molecule has 36 heavy (non-hydrogen) atoms. The maximum absolute atomic E-state index is 13.8. The average molecular weight is 500 g/mol. The third-order valence-corrected chi connectivity index (χ3v) is 7.67. The van der Waals surface area contributed by atoms with Crippen LogP contribution in [0, 0.1) is 12.7 Å². The van der Waals surface area contributed by atoms with Gasteiger partial charge in [-0.05, 0) is 51.8 Å². The Morgan fingerprint density at radius 3 is 2.69 bits per heavy atom. The highest BCUT2D eigenvalue weighted by molar-refractivity contribution is 5.97. The van der Waals surface area contributed by atoms with Gasteiger partial charge in [-0.3, -0.25) is 19.1 Å². The number of amides is 1. The minimum absolute atomic E-state index is 0.0254. The molecule has 1 spiro atoms. The summed E-state index contributed by atoms with van der Waals surface area (Å²) in [7, 11) is 0. The molecule has 0 unspecified atom stereocenters. The van der Waals surface area contributed by atoms with Gasteiger partial charge in [0.1, 0.15) is 5.82 Å². The Bertz CT molecular complexity index is 1450. The van der Waals surface area contributed by atoms with Gasteiger partial charge in [-0.15, -0.1) is 0 Å². The molecule has 2 saturated heterocycles. The van der Waals surface area contributed by atoms with E-state index in [0.29, 0.717) is 31.5 Å². The first-order chi connectivity index (χ1) is 17.0. The number of nitrogens with zero attached hydrogens (tertiary/aromatic N) is 4. The Balaban J connectivity index is 1.29. The fraction of sp³-hybridized carbons (Fsp3) is 0.520. The van der Waals surface area contributed by atoms with Crippen LogP contribution in [0.5, 0.6) is 0 Å². The lowest BCUT2D eigenvalue weighted by atomic mass is 9.75. The monoisotopic (exact) mass is 499 g/mol. The maximum atomic E-state index is 13.8. The van der Waals surface area contributed by atoms with Gasteiger partial charge < -0.3 is 19.3 Å². The predicted molar refractivity (Wildman–Crippen MR) is 130 cm³/mol. The standard InChI is InChI=1S/C25H30FN5O5/c1-4-30-15(2)27-18-11-16(5-6-19(18)30)22(33)29-9-7-25(8-10-29)14-24(3,35)20(13-36-25)31-12-17(26)21(32)28-23(31)34/h5-6,11-12,20,35H,4,7-10,13-14H2,1-3H3,(H,28,32,34)/t20-,24-/m1/s1. The summed E-state index contributed by atoms with van der Waals surface area (Å²) in [6.45, 7) is 7.27. The fourth-order valence-electron chi connectivity index (χ4n) is 5.73. The topological polar surface area (TPSA) is 122 Å². The minimum Gasteiger partial charge on any atom is -0.388 e. The lowest BCUT2D eigenvalue weighted by Gasteiger charge is -2.51. The van der Waals surface area contributed by atoms with Crippen molar-refractivity contribution in [2.24, 2.45) is 0 Å². The summed E-state index contributed by atoms with van der Waals surface area (Å²) in [4.78, 5) is 45.2. The lowest BCUT2D eigenvalue weighted by molar-refractivity contribution is -0.195. The number of ether oxygens (including phenoxy) is 1. The summed E-state index contributed by atoms with van der Waals surface area (Å²) >= 11 is 0. The first-order valence-electron chi connectivity index (χ1n) is 12.2. The summed E-state index contributed by atoms with van der Waals surface area (Å²) < 4.78 is 23.1. The van der Waals surface area contributed by atoms with Crippen molar-refractivity contribution in [1.82, 2.24) is 24.0 Å². The second-order valence-electron chi connectivity index (χ2n) is 10.1. The predicted octanol–water partition coefficient (Wildman–Crippen LogP) is 1.74. The van der Waals surface area contributed by atoms with E-state index in [1.165, 1.54) is 0 Å². The van der Waals surface area contributed by atoms with Gasteiger partial charge in [0.25, 0.3) is 11.5 Å².